The molecule has 0 aromatic carbocycles. The highest BCUT2D eigenvalue weighted by Crippen LogP contribution is 2.11. The Balaban J connectivity index is 4.22. The van der Waals surface area contributed by atoms with Gasteiger partial charge in [-0.3, -0.25) is 4.79 Å². The summed E-state index contributed by atoms with van der Waals surface area (Å²) in [6.07, 6.45) is 11.9. The molecule has 0 heterocycles. The van der Waals surface area contributed by atoms with E-state index in [9.17, 15) is 4.79 Å². The molecule has 1 unspecified atom stereocenters. The van der Waals surface area contributed by atoms with Gasteiger partial charge in [0.15, 0.2) is 0 Å². The van der Waals surface area contributed by atoms with Gasteiger partial charge in [-0.15, -0.1) is 0 Å². The second kappa shape index (κ2) is 9.64. The highest BCUT2D eigenvalue weighted by atomic mass is 16.5. The lowest BCUT2D eigenvalue weighted by Crippen LogP contribution is -2.15. The van der Waals surface area contributed by atoms with Crippen molar-refractivity contribution >= 4 is 5.97 Å². The highest BCUT2D eigenvalue weighted by molar-refractivity contribution is 5.66. The number of hydrogen-bond donors (Lipinski definition) is 0. The van der Waals surface area contributed by atoms with Crippen molar-refractivity contribution in [1.29, 1.82) is 0 Å². The molecule has 0 saturated heterocycles. The van der Waals surface area contributed by atoms with Crippen molar-refractivity contribution in [2.75, 3.05) is 0 Å². The lowest BCUT2D eigenvalue weighted by molar-refractivity contribution is -0.146. The SMILES string of the molecule is C=C/C=C/CCC(C/C=C(\C)C=C)OC(C)=O. The zero-order valence-electron chi connectivity index (χ0n) is 10.8. The van der Waals surface area contributed by atoms with Crippen LogP contribution in [0.4, 0.5) is 0 Å². The van der Waals surface area contributed by atoms with E-state index < -0.39 is 0 Å². The first-order valence-corrected chi connectivity index (χ1v) is 5.84. The molecule has 0 radical (unpaired) electrons. The van der Waals surface area contributed by atoms with Crippen LogP contribution in [0.25, 0.3) is 0 Å². The van der Waals surface area contributed by atoms with Crippen LogP contribution in [0, 0.1) is 0 Å². The molecule has 0 spiro atoms. The second-order valence-corrected chi connectivity index (χ2v) is 3.86. The molecule has 94 valence electrons. The molecule has 0 amide bonds. The number of rotatable bonds is 8. The van der Waals surface area contributed by atoms with E-state index in [0.29, 0.717) is 0 Å². The van der Waals surface area contributed by atoms with Gasteiger partial charge in [0.25, 0.3) is 0 Å². The maximum Gasteiger partial charge on any atom is 0.302 e. The number of esters is 1. The molecule has 0 aliphatic rings. The average molecular weight is 234 g/mol. The molecule has 0 rings (SSSR count). The van der Waals surface area contributed by atoms with E-state index in [2.05, 4.69) is 13.2 Å². The standard InChI is InChI=1S/C15H22O2/c1-5-7-8-9-10-15(17-14(4)16)12-11-13(3)6-2/h5-8,11,15H,1-2,9-10,12H2,3-4H3/b8-7+,13-11+. The molecule has 0 aliphatic heterocycles. The first kappa shape index (κ1) is 15.4. The van der Waals surface area contributed by atoms with Gasteiger partial charge in [-0.05, 0) is 19.8 Å². The van der Waals surface area contributed by atoms with Crippen molar-refractivity contribution in [1.82, 2.24) is 0 Å². The van der Waals surface area contributed by atoms with Gasteiger partial charge in [-0.1, -0.05) is 49.1 Å². The smallest absolute Gasteiger partial charge is 0.302 e. The van der Waals surface area contributed by atoms with E-state index in [1.807, 2.05) is 25.2 Å². The molecule has 0 bridgehead atoms. The predicted octanol–water partition coefficient (Wildman–Crippen LogP) is 3.96. The van der Waals surface area contributed by atoms with Gasteiger partial charge < -0.3 is 4.74 Å². The number of hydrogen-bond acceptors (Lipinski definition) is 2. The van der Waals surface area contributed by atoms with Crippen LogP contribution in [0.1, 0.15) is 33.1 Å². The van der Waals surface area contributed by atoms with Crippen LogP contribution < -0.4 is 0 Å². The first-order chi connectivity index (χ1) is 8.10. The number of ether oxygens (including phenoxy) is 1. The van der Waals surface area contributed by atoms with Crippen LogP contribution in [0.5, 0.6) is 0 Å². The molecule has 0 N–H and O–H groups in total. The van der Waals surface area contributed by atoms with Gasteiger partial charge in [-0.2, -0.15) is 0 Å². The minimum Gasteiger partial charge on any atom is -0.462 e. The van der Waals surface area contributed by atoms with Crippen molar-refractivity contribution in [3.05, 3.63) is 49.1 Å². The fourth-order valence-electron chi connectivity index (χ4n) is 1.33. The van der Waals surface area contributed by atoms with E-state index >= 15 is 0 Å². The third-order valence-corrected chi connectivity index (χ3v) is 2.28. The fraction of sp³-hybridized carbons (Fsp3) is 0.400. The summed E-state index contributed by atoms with van der Waals surface area (Å²) < 4.78 is 5.25. The molecule has 0 aliphatic carbocycles. The molecule has 17 heavy (non-hydrogen) atoms. The summed E-state index contributed by atoms with van der Waals surface area (Å²) in [6.45, 7) is 10.7. The lowest BCUT2D eigenvalue weighted by atomic mass is 10.1. The monoisotopic (exact) mass is 234 g/mol. The Morgan fingerprint density at radius 2 is 2.06 bits per heavy atom. The van der Waals surface area contributed by atoms with Crippen LogP contribution in [-0.4, -0.2) is 12.1 Å². The van der Waals surface area contributed by atoms with E-state index in [0.717, 1.165) is 24.8 Å². The van der Waals surface area contributed by atoms with Gasteiger partial charge >= 0.3 is 5.97 Å². The number of carbonyl (C=O) groups excluding carboxylic acids is 1. The third-order valence-electron chi connectivity index (χ3n) is 2.28. The van der Waals surface area contributed by atoms with E-state index in [1.54, 1.807) is 12.2 Å². The third kappa shape index (κ3) is 9.36. The molecule has 2 heteroatoms. The molecule has 0 fully saturated rings. The van der Waals surface area contributed by atoms with Gasteiger partial charge in [0, 0.05) is 13.3 Å². The Hall–Kier alpha value is -1.57. The number of carbonyl (C=O) groups is 1. The zero-order chi connectivity index (χ0) is 13.1. The molecule has 0 saturated carbocycles. The second-order valence-electron chi connectivity index (χ2n) is 3.86. The molecule has 2 nitrogen and oxygen atoms in total. The van der Waals surface area contributed by atoms with Crippen molar-refractivity contribution in [3.63, 3.8) is 0 Å². The Morgan fingerprint density at radius 1 is 1.35 bits per heavy atom. The van der Waals surface area contributed by atoms with Gasteiger partial charge in [-0.25, -0.2) is 0 Å². The summed E-state index contributed by atoms with van der Waals surface area (Å²) >= 11 is 0. The van der Waals surface area contributed by atoms with Crippen LogP contribution in [0.3, 0.4) is 0 Å². The van der Waals surface area contributed by atoms with E-state index in [-0.39, 0.29) is 12.1 Å². The van der Waals surface area contributed by atoms with Crippen molar-refractivity contribution in [3.8, 4) is 0 Å². The van der Waals surface area contributed by atoms with Gasteiger partial charge in [0.2, 0.25) is 0 Å². The summed E-state index contributed by atoms with van der Waals surface area (Å²) in [5.41, 5.74) is 1.10. The summed E-state index contributed by atoms with van der Waals surface area (Å²) in [6, 6.07) is 0. The normalized spacial score (nSPS) is 13.4. The Bertz CT molecular complexity index is 311. The van der Waals surface area contributed by atoms with Crippen LogP contribution in [0.2, 0.25) is 0 Å². The van der Waals surface area contributed by atoms with E-state index in [4.69, 9.17) is 4.74 Å². The summed E-state index contributed by atoms with van der Waals surface area (Å²) in [5.74, 6) is -0.229. The first-order valence-electron chi connectivity index (χ1n) is 5.84. The minimum atomic E-state index is -0.229. The zero-order valence-corrected chi connectivity index (χ0v) is 10.8. The van der Waals surface area contributed by atoms with Crippen LogP contribution in [0.15, 0.2) is 49.1 Å². The molecule has 0 aromatic heterocycles. The Labute approximate surface area is 104 Å². The molecule has 0 aromatic rings. The Morgan fingerprint density at radius 3 is 2.59 bits per heavy atom. The van der Waals surface area contributed by atoms with Crippen molar-refractivity contribution < 1.29 is 9.53 Å². The van der Waals surface area contributed by atoms with Crippen molar-refractivity contribution in [2.45, 2.75) is 39.2 Å². The predicted molar refractivity (Wildman–Crippen MR) is 72.7 cm³/mol. The number of allylic oxidation sites excluding steroid dienone is 5. The summed E-state index contributed by atoms with van der Waals surface area (Å²) in [4.78, 5) is 11.0. The summed E-state index contributed by atoms with van der Waals surface area (Å²) in [5, 5.41) is 0. The van der Waals surface area contributed by atoms with Crippen LogP contribution >= 0.6 is 0 Å². The maximum atomic E-state index is 11.0. The fourth-order valence-corrected chi connectivity index (χ4v) is 1.33. The minimum absolute atomic E-state index is 0.0585. The topological polar surface area (TPSA) is 26.3 Å². The van der Waals surface area contributed by atoms with Gasteiger partial charge in [0.05, 0.1) is 0 Å². The maximum absolute atomic E-state index is 11.0. The van der Waals surface area contributed by atoms with Crippen LogP contribution in [-0.2, 0) is 9.53 Å². The highest BCUT2D eigenvalue weighted by Gasteiger charge is 2.09. The summed E-state index contributed by atoms with van der Waals surface area (Å²) in [7, 11) is 0. The molecular formula is C15H22O2. The van der Waals surface area contributed by atoms with Crippen molar-refractivity contribution in [2.24, 2.45) is 0 Å². The molecule has 1 atom stereocenters. The Kier molecular flexibility index (Phi) is 8.75. The molecular weight excluding hydrogens is 212 g/mol. The quantitative estimate of drug-likeness (QED) is 0.469. The van der Waals surface area contributed by atoms with Gasteiger partial charge in [0.1, 0.15) is 6.10 Å². The largest absolute Gasteiger partial charge is 0.462 e. The average Bonchev–Trinajstić information content (AvgIpc) is 2.30. The lowest BCUT2D eigenvalue weighted by Gasteiger charge is -2.14. The van der Waals surface area contributed by atoms with E-state index in [1.165, 1.54) is 6.92 Å².